The number of hydrogen-bond donors (Lipinski definition) is 0. The Bertz CT molecular complexity index is 616. The number of nitrogens with zero attached hydrogens (tertiary/aromatic N) is 1. The molecule has 0 bridgehead atoms. The van der Waals surface area contributed by atoms with Crippen LogP contribution in [0.4, 0.5) is 0 Å². The van der Waals surface area contributed by atoms with Crippen molar-refractivity contribution in [2.75, 3.05) is 0 Å². The van der Waals surface area contributed by atoms with Crippen molar-refractivity contribution >= 4 is 11.6 Å². The lowest BCUT2D eigenvalue weighted by atomic mass is 10.1. The van der Waals surface area contributed by atoms with Gasteiger partial charge in [-0.15, -0.1) is 0 Å². The molecule has 0 aliphatic rings. The van der Waals surface area contributed by atoms with Gasteiger partial charge in [-0.05, 0) is 36.2 Å². The highest BCUT2D eigenvalue weighted by Gasteiger charge is 2.07. The largest absolute Gasteiger partial charge is 0.456 e. The van der Waals surface area contributed by atoms with Crippen LogP contribution in [0.2, 0.25) is 5.02 Å². The molecular weight excluding hydrogens is 258 g/mol. The molecule has 2 aromatic carbocycles. The SMILES string of the molecule is CCCc1ccccc1Oc1ccc(C#N)cc1Cl. The maximum atomic E-state index is 8.81. The summed E-state index contributed by atoms with van der Waals surface area (Å²) >= 11 is 6.11. The Labute approximate surface area is 118 Å². The Morgan fingerprint density at radius 1 is 1.16 bits per heavy atom. The monoisotopic (exact) mass is 271 g/mol. The topological polar surface area (TPSA) is 33.0 Å². The fraction of sp³-hybridized carbons (Fsp3) is 0.188. The number of aryl methyl sites for hydroxylation is 1. The molecule has 0 heterocycles. The maximum Gasteiger partial charge on any atom is 0.146 e. The third-order valence-corrected chi connectivity index (χ3v) is 3.07. The fourth-order valence-electron chi connectivity index (χ4n) is 1.85. The third kappa shape index (κ3) is 3.27. The normalized spacial score (nSPS) is 9.95. The summed E-state index contributed by atoms with van der Waals surface area (Å²) in [7, 11) is 0. The lowest BCUT2D eigenvalue weighted by Gasteiger charge is -2.11. The van der Waals surface area contributed by atoms with Gasteiger partial charge >= 0.3 is 0 Å². The van der Waals surface area contributed by atoms with E-state index in [-0.39, 0.29) is 0 Å². The smallest absolute Gasteiger partial charge is 0.146 e. The van der Waals surface area contributed by atoms with Crippen LogP contribution in [0.3, 0.4) is 0 Å². The number of hydrogen-bond acceptors (Lipinski definition) is 2. The van der Waals surface area contributed by atoms with E-state index in [9.17, 15) is 0 Å². The van der Waals surface area contributed by atoms with Gasteiger partial charge in [-0.3, -0.25) is 0 Å². The zero-order chi connectivity index (χ0) is 13.7. The van der Waals surface area contributed by atoms with Gasteiger partial charge in [0.2, 0.25) is 0 Å². The first-order chi connectivity index (χ1) is 9.24. The lowest BCUT2D eigenvalue weighted by molar-refractivity contribution is 0.476. The van der Waals surface area contributed by atoms with Crippen LogP contribution >= 0.6 is 11.6 Å². The molecule has 0 aliphatic heterocycles. The molecule has 2 aromatic rings. The first-order valence-corrected chi connectivity index (χ1v) is 6.57. The summed E-state index contributed by atoms with van der Waals surface area (Å²) < 4.78 is 5.85. The standard InChI is InChI=1S/C16H14ClNO/c1-2-5-13-6-3-4-7-15(13)19-16-9-8-12(11-18)10-14(16)17/h3-4,6-10H,2,5H2,1H3. The molecule has 96 valence electrons. The lowest BCUT2D eigenvalue weighted by Crippen LogP contribution is -1.92. The summed E-state index contributed by atoms with van der Waals surface area (Å²) in [6.45, 7) is 2.13. The minimum absolute atomic E-state index is 0.449. The molecule has 0 radical (unpaired) electrons. The van der Waals surface area contributed by atoms with Crippen LogP contribution in [0.1, 0.15) is 24.5 Å². The minimum Gasteiger partial charge on any atom is -0.456 e. The van der Waals surface area contributed by atoms with Gasteiger partial charge in [-0.25, -0.2) is 0 Å². The molecule has 2 rings (SSSR count). The second-order valence-electron chi connectivity index (χ2n) is 4.22. The summed E-state index contributed by atoms with van der Waals surface area (Å²) in [6, 6.07) is 15.0. The number of rotatable bonds is 4. The molecule has 0 aliphatic carbocycles. The molecule has 19 heavy (non-hydrogen) atoms. The highest BCUT2D eigenvalue weighted by Crippen LogP contribution is 2.32. The van der Waals surface area contributed by atoms with Crippen LogP contribution in [-0.2, 0) is 6.42 Å². The van der Waals surface area contributed by atoms with Crippen molar-refractivity contribution in [1.82, 2.24) is 0 Å². The molecule has 0 fully saturated rings. The molecular formula is C16H14ClNO. The molecule has 3 heteroatoms. The van der Waals surface area contributed by atoms with E-state index in [1.165, 1.54) is 0 Å². The van der Waals surface area contributed by atoms with Crippen molar-refractivity contribution in [2.45, 2.75) is 19.8 Å². The highest BCUT2D eigenvalue weighted by atomic mass is 35.5. The summed E-state index contributed by atoms with van der Waals surface area (Å²) in [5, 5.41) is 9.26. The van der Waals surface area contributed by atoms with Gasteiger partial charge in [0.05, 0.1) is 16.7 Å². The van der Waals surface area contributed by atoms with Crippen molar-refractivity contribution in [3.63, 3.8) is 0 Å². The van der Waals surface area contributed by atoms with Crippen LogP contribution in [0, 0.1) is 11.3 Å². The van der Waals surface area contributed by atoms with Crippen LogP contribution < -0.4 is 4.74 Å². The molecule has 0 unspecified atom stereocenters. The van der Waals surface area contributed by atoms with E-state index >= 15 is 0 Å². The molecule has 0 saturated carbocycles. The summed E-state index contributed by atoms with van der Waals surface area (Å²) in [5.41, 5.74) is 1.68. The number of benzene rings is 2. The Balaban J connectivity index is 2.29. The van der Waals surface area contributed by atoms with Crippen LogP contribution in [0.15, 0.2) is 42.5 Å². The van der Waals surface area contributed by atoms with Gasteiger partial charge in [0, 0.05) is 0 Å². The zero-order valence-electron chi connectivity index (χ0n) is 10.7. The molecule has 0 atom stereocenters. The van der Waals surface area contributed by atoms with Gasteiger partial charge in [0.1, 0.15) is 11.5 Å². The zero-order valence-corrected chi connectivity index (χ0v) is 11.4. The van der Waals surface area contributed by atoms with E-state index in [2.05, 4.69) is 19.1 Å². The van der Waals surface area contributed by atoms with Gasteiger partial charge in [0.15, 0.2) is 0 Å². The van der Waals surface area contributed by atoms with Crippen LogP contribution in [0.25, 0.3) is 0 Å². The first kappa shape index (κ1) is 13.5. The van der Waals surface area contributed by atoms with E-state index in [0.29, 0.717) is 16.3 Å². The van der Waals surface area contributed by atoms with Crippen molar-refractivity contribution < 1.29 is 4.74 Å². The second kappa shape index (κ2) is 6.26. The van der Waals surface area contributed by atoms with Crippen molar-refractivity contribution in [1.29, 1.82) is 5.26 Å². The summed E-state index contributed by atoms with van der Waals surface area (Å²) in [4.78, 5) is 0. The van der Waals surface area contributed by atoms with Crippen molar-refractivity contribution in [2.24, 2.45) is 0 Å². The van der Waals surface area contributed by atoms with Crippen molar-refractivity contribution in [3.8, 4) is 17.6 Å². The van der Waals surface area contributed by atoms with Gasteiger partial charge in [-0.2, -0.15) is 5.26 Å². The Morgan fingerprint density at radius 2 is 1.95 bits per heavy atom. The van der Waals surface area contributed by atoms with Gasteiger partial charge < -0.3 is 4.74 Å². The quantitative estimate of drug-likeness (QED) is 0.788. The third-order valence-electron chi connectivity index (χ3n) is 2.77. The number of para-hydroxylation sites is 1. The van der Waals surface area contributed by atoms with E-state index in [0.717, 1.165) is 24.2 Å². The Hall–Kier alpha value is -1.98. The molecule has 0 saturated heterocycles. The predicted molar refractivity (Wildman–Crippen MR) is 76.7 cm³/mol. The highest BCUT2D eigenvalue weighted by molar-refractivity contribution is 6.32. The summed E-state index contributed by atoms with van der Waals surface area (Å²) in [5.74, 6) is 1.39. The molecule has 0 N–H and O–H groups in total. The number of ether oxygens (including phenoxy) is 1. The van der Waals surface area contributed by atoms with E-state index in [1.54, 1.807) is 18.2 Å². The number of halogens is 1. The van der Waals surface area contributed by atoms with Gasteiger partial charge in [-0.1, -0.05) is 43.1 Å². The molecule has 0 aromatic heterocycles. The van der Waals surface area contributed by atoms with Crippen LogP contribution in [-0.4, -0.2) is 0 Å². The average molecular weight is 272 g/mol. The fourth-order valence-corrected chi connectivity index (χ4v) is 2.07. The predicted octanol–water partition coefficient (Wildman–Crippen LogP) is 4.96. The maximum absolute atomic E-state index is 8.81. The average Bonchev–Trinajstić information content (AvgIpc) is 2.43. The summed E-state index contributed by atoms with van der Waals surface area (Å²) in [6.07, 6.45) is 2.02. The Kier molecular flexibility index (Phi) is 4.43. The second-order valence-corrected chi connectivity index (χ2v) is 4.62. The molecule has 0 spiro atoms. The van der Waals surface area contributed by atoms with Gasteiger partial charge in [0.25, 0.3) is 0 Å². The van der Waals surface area contributed by atoms with Crippen molar-refractivity contribution in [3.05, 3.63) is 58.6 Å². The van der Waals surface area contributed by atoms with E-state index < -0.39 is 0 Å². The number of nitriles is 1. The van der Waals surface area contributed by atoms with E-state index in [1.807, 2.05) is 18.2 Å². The minimum atomic E-state index is 0.449. The Morgan fingerprint density at radius 3 is 2.63 bits per heavy atom. The first-order valence-electron chi connectivity index (χ1n) is 6.20. The molecule has 0 amide bonds. The van der Waals surface area contributed by atoms with E-state index in [4.69, 9.17) is 21.6 Å². The van der Waals surface area contributed by atoms with Crippen LogP contribution in [0.5, 0.6) is 11.5 Å². The molecule has 2 nitrogen and oxygen atoms in total.